The van der Waals surface area contributed by atoms with Crippen molar-refractivity contribution in [2.75, 3.05) is 0 Å². The number of halogens is 1. The van der Waals surface area contributed by atoms with Crippen molar-refractivity contribution in [2.24, 2.45) is 10.7 Å². The average molecular weight is 351 g/mol. The number of nitrogens with two attached hydrogens (primary N) is 1. The van der Waals surface area contributed by atoms with E-state index >= 15 is 0 Å². The van der Waals surface area contributed by atoms with Gasteiger partial charge >= 0.3 is 5.63 Å². The number of thioether (sulfide) groups is 1. The molecule has 2 aromatic rings. The Bertz CT molecular complexity index is 810. The first-order chi connectivity index (χ1) is 11.0. The minimum absolute atomic E-state index is 0.359. The molecule has 2 N–H and O–H groups in total. The summed E-state index contributed by atoms with van der Waals surface area (Å²) >= 11 is 7.65. The van der Waals surface area contributed by atoms with E-state index in [9.17, 15) is 4.79 Å². The van der Waals surface area contributed by atoms with E-state index in [1.54, 1.807) is 6.07 Å². The fourth-order valence-corrected chi connectivity index (χ4v) is 3.80. The van der Waals surface area contributed by atoms with Crippen LogP contribution in [0.1, 0.15) is 36.8 Å². The second kappa shape index (κ2) is 6.97. The van der Waals surface area contributed by atoms with Crippen molar-refractivity contribution in [3.63, 3.8) is 0 Å². The monoisotopic (exact) mass is 350 g/mol. The Kier molecular flexibility index (Phi) is 4.97. The van der Waals surface area contributed by atoms with Gasteiger partial charge in [0.05, 0.1) is 6.04 Å². The van der Waals surface area contributed by atoms with Gasteiger partial charge in [-0.15, -0.1) is 0 Å². The molecule has 1 aliphatic carbocycles. The Morgan fingerprint density at radius 1 is 1.39 bits per heavy atom. The molecule has 0 saturated heterocycles. The van der Waals surface area contributed by atoms with Crippen LogP contribution in [0, 0.1) is 6.92 Å². The van der Waals surface area contributed by atoms with Gasteiger partial charge in [0.2, 0.25) is 0 Å². The molecule has 0 bridgehead atoms. The third-order valence-electron chi connectivity index (χ3n) is 4.12. The molecule has 1 aromatic carbocycles. The summed E-state index contributed by atoms with van der Waals surface area (Å²) in [6.07, 6.45) is 4.70. The molecule has 0 radical (unpaired) electrons. The minimum Gasteiger partial charge on any atom is -0.423 e. The van der Waals surface area contributed by atoms with Gasteiger partial charge in [0.25, 0.3) is 0 Å². The third kappa shape index (κ3) is 3.90. The lowest BCUT2D eigenvalue weighted by Gasteiger charge is -2.08. The predicted octanol–water partition coefficient (Wildman–Crippen LogP) is 4.25. The zero-order valence-electron chi connectivity index (χ0n) is 13.0. The topological polar surface area (TPSA) is 68.6 Å². The Hall–Kier alpha value is -1.46. The summed E-state index contributed by atoms with van der Waals surface area (Å²) < 4.78 is 5.27. The summed E-state index contributed by atoms with van der Waals surface area (Å²) in [5.41, 5.74) is 7.97. The van der Waals surface area contributed by atoms with Gasteiger partial charge in [0.1, 0.15) is 5.58 Å². The molecule has 0 spiro atoms. The van der Waals surface area contributed by atoms with Crippen LogP contribution >= 0.6 is 23.4 Å². The summed E-state index contributed by atoms with van der Waals surface area (Å²) in [7, 11) is 0. The third-order valence-corrected chi connectivity index (χ3v) is 5.38. The normalized spacial score (nSPS) is 16.3. The van der Waals surface area contributed by atoms with Gasteiger partial charge in [0, 0.05) is 22.2 Å². The van der Waals surface area contributed by atoms with E-state index in [0.717, 1.165) is 29.4 Å². The first-order valence-electron chi connectivity index (χ1n) is 7.72. The Morgan fingerprint density at radius 2 is 2.13 bits per heavy atom. The lowest BCUT2D eigenvalue weighted by atomic mass is 10.1. The number of amidine groups is 1. The lowest BCUT2D eigenvalue weighted by Crippen LogP contribution is -2.12. The van der Waals surface area contributed by atoms with E-state index in [-0.39, 0.29) is 5.63 Å². The molecule has 0 amide bonds. The highest BCUT2D eigenvalue weighted by atomic mass is 35.5. The van der Waals surface area contributed by atoms with Gasteiger partial charge in [-0.05, 0) is 43.0 Å². The highest BCUT2D eigenvalue weighted by Crippen LogP contribution is 2.28. The number of aliphatic imine (C=N–C) groups is 1. The maximum atomic E-state index is 11.8. The van der Waals surface area contributed by atoms with Crippen molar-refractivity contribution in [1.29, 1.82) is 0 Å². The lowest BCUT2D eigenvalue weighted by molar-refractivity contribution is 0.559. The molecule has 1 aromatic heterocycles. The summed E-state index contributed by atoms with van der Waals surface area (Å²) in [4.78, 5) is 16.3. The van der Waals surface area contributed by atoms with Crippen LogP contribution in [0.15, 0.2) is 32.4 Å². The Balaban J connectivity index is 1.84. The molecule has 1 saturated carbocycles. The van der Waals surface area contributed by atoms with Gasteiger partial charge in [-0.3, -0.25) is 4.99 Å². The molecule has 1 aliphatic rings. The van der Waals surface area contributed by atoms with Crippen molar-refractivity contribution in [2.45, 2.75) is 44.4 Å². The van der Waals surface area contributed by atoms with Crippen LogP contribution in [0.5, 0.6) is 0 Å². The summed E-state index contributed by atoms with van der Waals surface area (Å²) in [5, 5.41) is 2.09. The van der Waals surface area contributed by atoms with Crippen LogP contribution in [0.2, 0.25) is 5.02 Å². The largest absolute Gasteiger partial charge is 0.423 e. The highest BCUT2D eigenvalue weighted by Gasteiger charge is 2.14. The molecule has 4 nitrogen and oxygen atoms in total. The fourth-order valence-electron chi connectivity index (χ4n) is 2.87. The van der Waals surface area contributed by atoms with Gasteiger partial charge < -0.3 is 10.2 Å². The number of fused-ring (bicyclic) bond motifs is 1. The zero-order chi connectivity index (χ0) is 16.4. The molecule has 0 unspecified atom stereocenters. The molecule has 0 atom stereocenters. The minimum atomic E-state index is -0.360. The van der Waals surface area contributed by atoms with Gasteiger partial charge in [-0.1, -0.05) is 36.2 Å². The van der Waals surface area contributed by atoms with Crippen molar-refractivity contribution < 1.29 is 4.42 Å². The molecule has 6 heteroatoms. The van der Waals surface area contributed by atoms with E-state index in [4.69, 9.17) is 21.8 Å². The second-order valence-electron chi connectivity index (χ2n) is 5.88. The van der Waals surface area contributed by atoms with Crippen LogP contribution < -0.4 is 11.4 Å². The molecule has 23 heavy (non-hydrogen) atoms. The van der Waals surface area contributed by atoms with Crippen LogP contribution in [0.3, 0.4) is 0 Å². The van der Waals surface area contributed by atoms with Crippen LogP contribution in [-0.4, -0.2) is 11.2 Å². The van der Waals surface area contributed by atoms with Crippen LogP contribution in [-0.2, 0) is 5.75 Å². The number of benzene rings is 1. The van der Waals surface area contributed by atoms with E-state index in [0.29, 0.717) is 27.6 Å². The summed E-state index contributed by atoms with van der Waals surface area (Å²) in [5.74, 6) is 0.573. The van der Waals surface area contributed by atoms with E-state index in [1.165, 1.54) is 30.7 Å². The van der Waals surface area contributed by atoms with Gasteiger partial charge in [-0.2, -0.15) is 0 Å². The van der Waals surface area contributed by atoms with E-state index < -0.39 is 0 Å². The summed E-state index contributed by atoms with van der Waals surface area (Å²) in [6.45, 7) is 1.88. The molecule has 0 aliphatic heterocycles. The van der Waals surface area contributed by atoms with Gasteiger partial charge in [-0.25, -0.2) is 4.79 Å². The van der Waals surface area contributed by atoms with E-state index in [2.05, 4.69) is 4.99 Å². The number of rotatable bonds is 3. The molecule has 1 fully saturated rings. The molecular formula is C17H19ClN2O2S. The van der Waals surface area contributed by atoms with Gasteiger partial charge in [0.15, 0.2) is 5.17 Å². The molecule has 122 valence electrons. The van der Waals surface area contributed by atoms with Crippen molar-refractivity contribution in [3.05, 3.63) is 44.8 Å². The number of nitrogens with zero attached hydrogens (tertiary/aromatic N) is 1. The van der Waals surface area contributed by atoms with Crippen LogP contribution in [0.25, 0.3) is 11.0 Å². The number of hydrogen-bond donors (Lipinski definition) is 1. The highest BCUT2D eigenvalue weighted by molar-refractivity contribution is 8.13. The standard InChI is InChI=1S/C17H19ClN2O2S/c1-10-6-15-13(8-14(10)18)11(7-16(21)22-15)9-23-17(19)20-12-4-2-3-5-12/h6-8,12H,2-5,9H2,1H3,(H2,19,20). The Labute approximate surface area is 144 Å². The zero-order valence-corrected chi connectivity index (χ0v) is 14.5. The predicted molar refractivity (Wildman–Crippen MR) is 97.4 cm³/mol. The van der Waals surface area contributed by atoms with E-state index in [1.807, 2.05) is 13.0 Å². The summed E-state index contributed by atoms with van der Waals surface area (Å²) in [6, 6.07) is 5.50. The smallest absolute Gasteiger partial charge is 0.336 e. The molecule has 1 heterocycles. The number of aryl methyl sites for hydroxylation is 1. The second-order valence-corrected chi connectivity index (χ2v) is 7.29. The average Bonchev–Trinajstić information content (AvgIpc) is 2.99. The SMILES string of the molecule is Cc1cc2oc(=O)cc(CSC(N)=NC3CCCC3)c2cc1Cl. The van der Waals surface area contributed by atoms with Crippen LogP contribution in [0.4, 0.5) is 0 Å². The van der Waals surface area contributed by atoms with Crippen molar-refractivity contribution >= 4 is 39.5 Å². The Morgan fingerprint density at radius 3 is 2.87 bits per heavy atom. The first-order valence-corrected chi connectivity index (χ1v) is 9.08. The van der Waals surface area contributed by atoms with Crippen molar-refractivity contribution in [1.82, 2.24) is 0 Å². The number of hydrogen-bond acceptors (Lipinski definition) is 4. The fraction of sp³-hybridized carbons (Fsp3) is 0.412. The quantitative estimate of drug-likeness (QED) is 0.510. The molecular weight excluding hydrogens is 332 g/mol. The first kappa shape index (κ1) is 16.4. The maximum absolute atomic E-state index is 11.8. The molecule has 3 rings (SSSR count). The maximum Gasteiger partial charge on any atom is 0.336 e. The van der Waals surface area contributed by atoms with Crippen molar-refractivity contribution in [3.8, 4) is 0 Å².